The summed E-state index contributed by atoms with van der Waals surface area (Å²) in [5.74, 6) is 1.39. The molecule has 1 aromatic carbocycles. The van der Waals surface area contributed by atoms with E-state index >= 15 is 0 Å². The van der Waals surface area contributed by atoms with Crippen molar-refractivity contribution in [3.05, 3.63) is 76.4 Å². The van der Waals surface area contributed by atoms with E-state index in [1.54, 1.807) is 29.7 Å². The standard InChI is InChI=1S/C23H23FN4O2S2/c1-15(2)13-28-22(18-5-3-11-30-18)26-27-23(28)32-14-20(29)25-21(19-6-4-12-31-19)16-7-9-17(24)10-8-16/h3-12,15,21H,13-14H2,1-2H3,(H,25,29). The van der Waals surface area contributed by atoms with Crippen LogP contribution in [0, 0.1) is 11.7 Å². The molecule has 4 rings (SSSR count). The van der Waals surface area contributed by atoms with E-state index in [0.29, 0.717) is 29.2 Å². The van der Waals surface area contributed by atoms with Crippen molar-refractivity contribution in [3.63, 3.8) is 0 Å². The molecule has 0 fully saturated rings. The van der Waals surface area contributed by atoms with Crippen molar-refractivity contribution in [3.8, 4) is 11.6 Å². The molecule has 4 aromatic rings. The fourth-order valence-electron chi connectivity index (χ4n) is 3.28. The number of nitrogens with one attached hydrogen (secondary N) is 1. The van der Waals surface area contributed by atoms with Crippen molar-refractivity contribution in [1.82, 2.24) is 20.1 Å². The molecule has 1 unspecified atom stereocenters. The lowest BCUT2D eigenvalue weighted by atomic mass is 10.1. The summed E-state index contributed by atoms with van der Waals surface area (Å²) in [5, 5.41) is 14.3. The number of carbonyl (C=O) groups excluding carboxylic acids is 1. The number of aromatic nitrogens is 3. The Kier molecular flexibility index (Phi) is 7.06. The third kappa shape index (κ3) is 5.28. The van der Waals surface area contributed by atoms with Crippen LogP contribution in [-0.4, -0.2) is 26.4 Å². The van der Waals surface area contributed by atoms with Gasteiger partial charge in [0.05, 0.1) is 18.1 Å². The molecule has 0 radical (unpaired) electrons. The van der Waals surface area contributed by atoms with Crippen LogP contribution in [0.4, 0.5) is 4.39 Å². The molecular weight excluding hydrogens is 447 g/mol. The van der Waals surface area contributed by atoms with E-state index in [1.807, 2.05) is 34.2 Å². The van der Waals surface area contributed by atoms with Gasteiger partial charge in [-0.05, 0) is 47.2 Å². The molecule has 166 valence electrons. The number of hydrogen-bond donors (Lipinski definition) is 1. The van der Waals surface area contributed by atoms with Crippen LogP contribution >= 0.6 is 23.1 Å². The highest BCUT2D eigenvalue weighted by molar-refractivity contribution is 7.99. The number of amides is 1. The average Bonchev–Trinajstić information content (AvgIpc) is 3.53. The van der Waals surface area contributed by atoms with Gasteiger partial charge >= 0.3 is 0 Å². The molecule has 3 heterocycles. The molecule has 0 spiro atoms. The highest BCUT2D eigenvalue weighted by atomic mass is 32.2. The first-order valence-corrected chi connectivity index (χ1v) is 12.1. The van der Waals surface area contributed by atoms with Crippen molar-refractivity contribution in [2.75, 3.05) is 5.75 Å². The summed E-state index contributed by atoms with van der Waals surface area (Å²) in [6.07, 6.45) is 1.60. The van der Waals surface area contributed by atoms with Gasteiger partial charge in [-0.15, -0.1) is 21.5 Å². The zero-order valence-corrected chi connectivity index (χ0v) is 19.3. The van der Waals surface area contributed by atoms with Gasteiger partial charge in [0.25, 0.3) is 0 Å². The fourth-order valence-corrected chi connectivity index (χ4v) is 4.84. The lowest BCUT2D eigenvalue weighted by molar-refractivity contribution is -0.119. The number of furan rings is 1. The second-order valence-corrected chi connectivity index (χ2v) is 9.57. The molecule has 0 aliphatic rings. The van der Waals surface area contributed by atoms with Gasteiger partial charge in [0.15, 0.2) is 16.7 Å². The van der Waals surface area contributed by atoms with E-state index in [9.17, 15) is 9.18 Å². The normalized spacial score (nSPS) is 12.2. The number of thiophene rings is 1. The number of nitrogens with zero attached hydrogens (tertiary/aromatic N) is 3. The zero-order chi connectivity index (χ0) is 22.5. The van der Waals surface area contributed by atoms with E-state index in [0.717, 1.165) is 10.4 Å². The summed E-state index contributed by atoms with van der Waals surface area (Å²) >= 11 is 2.88. The predicted molar refractivity (Wildman–Crippen MR) is 124 cm³/mol. The van der Waals surface area contributed by atoms with E-state index in [2.05, 4.69) is 29.4 Å². The van der Waals surface area contributed by atoms with Gasteiger partial charge in [-0.3, -0.25) is 9.36 Å². The number of carbonyl (C=O) groups is 1. The van der Waals surface area contributed by atoms with E-state index < -0.39 is 0 Å². The van der Waals surface area contributed by atoms with Crippen molar-refractivity contribution in [1.29, 1.82) is 0 Å². The van der Waals surface area contributed by atoms with Crippen LogP contribution in [0.15, 0.2) is 69.7 Å². The van der Waals surface area contributed by atoms with Crippen LogP contribution in [0.3, 0.4) is 0 Å². The Morgan fingerprint density at radius 1 is 1.19 bits per heavy atom. The van der Waals surface area contributed by atoms with Gasteiger partial charge in [0.2, 0.25) is 5.91 Å². The zero-order valence-electron chi connectivity index (χ0n) is 17.7. The maximum absolute atomic E-state index is 13.4. The van der Waals surface area contributed by atoms with Crippen molar-refractivity contribution in [2.45, 2.75) is 31.6 Å². The Balaban J connectivity index is 1.48. The minimum absolute atomic E-state index is 0.142. The monoisotopic (exact) mass is 470 g/mol. The highest BCUT2D eigenvalue weighted by Gasteiger charge is 2.21. The van der Waals surface area contributed by atoms with Gasteiger partial charge in [-0.25, -0.2) is 4.39 Å². The fraction of sp³-hybridized carbons (Fsp3) is 0.261. The number of benzene rings is 1. The summed E-state index contributed by atoms with van der Waals surface area (Å²) < 4.78 is 20.9. The Morgan fingerprint density at radius 3 is 2.66 bits per heavy atom. The summed E-state index contributed by atoms with van der Waals surface area (Å²) in [6.45, 7) is 4.93. The lowest BCUT2D eigenvalue weighted by Gasteiger charge is -2.18. The summed E-state index contributed by atoms with van der Waals surface area (Å²) in [5.41, 5.74) is 0.829. The molecule has 32 heavy (non-hydrogen) atoms. The lowest BCUT2D eigenvalue weighted by Crippen LogP contribution is -2.30. The highest BCUT2D eigenvalue weighted by Crippen LogP contribution is 2.28. The van der Waals surface area contributed by atoms with Gasteiger partial charge in [-0.1, -0.05) is 43.8 Å². The smallest absolute Gasteiger partial charge is 0.231 e. The molecule has 0 aliphatic heterocycles. The summed E-state index contributed by atoms with van der Waals surface area (Å²) in [4.78, 5) is 13.8. The largest absolute Gasteiger partial charge is 0.461 e. The molecule has 0 aliphatic carbocycles. The van der Waals surface area contributed by atoms with E-state index in [-0.39, 0.29) is 23.5 Å². The van der Waals surface area contributed by atoms with Crippen LogP contribution < -0.4 is 5.32 Å². The molecule has 1 amide bonds. The van der Waals surface area contributed by atoms with Gasteiger partial charge in [0.1, 0.15) is 5.82 Å². The first-order valence-electron chi connectivity index (χ1n) is 10.2. The Morgan fingerprint density at radius 2 is 2.00 bits per heavy atom. The van der Waals surface area contributed by atoms with Gasteiger partial charge in [-0.2, -0.15) is 0 Å². The Labute approximate surface area is 193 Å². The topological polar surface area (TPSA) is 73.0 Å². The number of halogens is 1. The third-order valence-electron chi connectivity index (χ3n) is 4.67. The summed E-state index contributed by atoms with van der Waals surface area (Å²) in [6, 6.07) is 13.4. The molecular formula is C23H23FN4O2S2. The molecule has 0 saturated heterocycles. The van der Waals surface area contributed by atoms with Crippen molar-refractivity contribution in [2.24, 2.45) is 5.92 Å². The maximum Gasteiger partial charge on any atom is 0.231 e. The molecule has 3 aromatic heterocycles. The van der Waals surface area contributed by atoms with Crippen molar-refractivity contribution < 1.29 is 13.6 Å². The minimum Gasteiger partial charge on any atom is -0.461 e. The predicted octanol–water partition coefficient (Wildman–Crippen LogP) is 5.39. The average molecular weight is 471 g/mol. The number of rotatable bonds is 9. The SMILES string of the molecule is CC(C)Cn1c(SCC(=O)NC(c2ccc(F)cc2)c2cccs2)nnc1-c1ccco1. The molecule has 6 nitrogen and oxygen atoms in total. The number of thioether (sulfide) groups is 1. The molecule has 0 saturated carbocycles. The number of hydrogen-bond acceptors (Lipinski definition) is 6. The first-order chi connectivity index (χ1) is 15.5. The van der Waals surface area contributed by atoms with Crippen LogP contribution in [0.25, 0.3) is 11.6 Å². The molecule has 9 heteroatoms. The van der Waals surface area contributed by atoms with Crippen LogP contribution in [0.2, 0.25) is 0 Å². The quantitative estimate of drug-likeness (QED) is 0.332. The second-order valence-electron chi connectivity index (χ2n) is 7.64. The summed E-state index contributed by atoms with van der Waals surface area (Å²) in [7, 11) is 0. The second kappa shape index (κ2) is 10.1. The van der Waals surface area contributed by atoms with Gasteiger partial charge in [0, 0.05) is 11.4 Å². The first kappa shape index (κ1) is 22.3. The minimum atomic E-state index is -0.337. The van der Waals surface area contributed by atoms with Gasteiger partial charge < -0.3 is 9.73 Å². The third-order valence-corrected chi connectivity index (χ3v) is 6.58. The van der Waals surface area contributed by atoms with E-state index in [1.165, 1.54) is 23.9 Å². The van der Waals surface area contributed by atoms with Crippen LogP contribution in [0.1, 0.15) is 30.3 Å². The maximum atomic E-state index is 13.4. The van der Waals surface area contributed by atoms with Crippen LogP contribution in [0.5, 0.6) is 0 Å². The molecule has 0 bridgehead atoms. The molecule has 1 N–H and O–H groups in total. The Bertz CT molecular complexity index is 1140. The molecule has 1 atom stereocenters. The van der Waals surface area contributed by atoms with Crippen molar-refractivity contribution >= 4 is 29.0 Å². The van der Waals surface area contributed by atoms with Crippen LogP contribution in [-0.2, 0) is 11.3 Å². The van der Waals surface area contributed by atoms with E-state index in [4.69, 9.17) is 4.42 Å². The Hall–Kier alpha value is -2.91.